The van der Waals surface area contributed by atoms with Crippen LogP contribution in [0.15, 0.2) is 60.9 Å². The highest BCUT2D eigenvalue weighted by Crippen LogP contribution is 2.54. The molecule has 10 rings (SSSR count). The van der Waals surface area contributed by atoms with E-state index in [1.54, 1.807) is 0 Å². The fraction of sp³-hybridized carbons (Fsp3) is 0.511. The van der Waals surface area contributed by atoms with Gasteiger partial charge in [-0.15, -0.1) is 0 Å². The molecule has 2 aromatic heterocycles. The van der Waals surface area contributed by atoms with E-state index in [-0.39, 0.29) is 22.2 Å². The Morgan fingerprint density at radius 2 is 1.05 bits per heavy atom. The summed E-state index contributed by atoms with van der Waals surface area (Å²) in [6, 6.07) is 16.1. The Labute approximate surface area is 328 Å². The Balaban J connectivity index is 0.926. The van der Waals surface area contributed by atoms with Crippen LogP contribution in [-0.2, 0) is 10.8 Å². The molecule has 2 aromatic carbocycles. The van der Waals surface area contributed by atoms with Crippen LogP contribution in [0, 0.1) is 11.6 Å². The number of fused-ring (bicyclic) bond motifs is 4. The highest BCUT2D eigenvalue weighted by atomic mass is 19.1. The number of hydrogen-bond donors (Lipinski definition) is 2. The van der Waals surface area contributed by atoms with Gasteiger partial charge in [-0.25, -0.2) is 18.7 Å². The van der Waals surface area contributed by atoms with E-state index in [1.165, 1.54) is 87.5 Å². The number of halogens is 2. The second-order valence-corrected chi connectivity index (χ2v) is 18.1. The molecule has 4 unspecified atom stereocenters. The minimum atomic E-state index is -0.568. The lowest BCUT2D eigenvalue weighted by atomic mass is 9.79. The molecule has 4 atom stereocenters. The third kappa shape index (κ3) is 6.07. The van der Waals surface area contributed by atoms with Gasteiger partial charge in [-0.05, 0) is 96.6 Å². The molecular formula is C47H52F2N4O3. The van der Waals surface area contributed by atoms with Crippen molar-refractivity contribution in [2.75, 3.05) is 36.0 Å². The smallest absolute Gasteiger partial charge is 0.233 e. The lowest BCUT2D eigenvalue weighted by Crippen LogP contribution is -2.31. The Morgan fingerprint density at radius 1 is 0.625 bits per heavy atom. The lowest BCUT2D eigenvalue weighted by Gasteiger charge is -2.28. The molecule has 4 aromatic rings. The largest absolute Gasteiger partial charge is 0.388 e. The van der Waals surface area contributed by atoms with Gasteiger partial charge in [0.2, 0.25) is 5.78 Å². The van der Waals surface area contributed by atoms with E-state index in [4.69, 9.17) is 0 Å². The first-order chi connectivity index (χ1) is 27.2. The van der Waals surface area contributed by atoms with Crippen LogP contribution in [0.3, 0.4) is 0 Å². The van der Waals surface area contributed by atoms with Crippen LogP contribution >= 0.6 is 0 Å². The van der Waals surface area contributed by atoms with Crippen molar-refractivity contribution in [3.63, 3.8) is 0 Å². The zero-order chi connectivity index (χ0) is 38.2. The number of ketones is 1. The number of hydrogen-bond acceptors (Lipinski definition) is 7. The van der Waals surface area contributed by atoms with Crippen molar-refractivity contribution in [1.82, 2.24) is 9.97 Å². The van der Waals surface area contributed by atoms with Crippen molar-refractivity contribution in [2.45, 2.75) is 125 Å². The SMILES string of the molecule is O=C(c1ncc(F)cc1N1CCC2(CC(O)c3cc(C4CCCCC4)ccc32)C1)c1ncc(F)cc1N1CCC2(CC(O)c3cc(C4CCCCC4)ccc32)C1. The van der Waals surface area contributed by atoms with Crippen LogP contribution in [0.2, 0.25) is 0 Å². The summed E-state index contributed by atoms with van der Waals surface area (Å²) in [5, 5.41) is 22.8. The molecule has 4 fully saturated rings. The van der Waals surface area contributed by atoms with Gasteiger partial charge in [0.15, 0.2) is 0 Å². The average molecular weight is 759 g/mol. The summed E-state index contributed by atoms with van der Waals surface area (Å²) in [7, 11) is 0. The van der Waals surface area contributed by atoms with Crippen LogP contribution in [-0.4, -0.2) is 52.1 Å². The Morgan fingerprint density at radius 3 is 1.48 bits per heavy atom. The first-order valence-electron chi connectivity index (χ1n) is 21.2. The Hall–Kier alpha value is -4.21. The predicted molar refractivity (Wildman–Crippen MR) is 213 cm³/mol. The number of benzene rings is 2. The zero-order valence-electron chi connectivity index (χ0n) is 32.2. The number of nitrogens with zero attached hydrogens (tertiary/aromatic N) is 4. The second kappa shape index (κ2) is 14.0. The molecular weight excluding hydrogens is 707 g/mol. The van der Waals surface area contributed by atoms with Gasteiger partial charge in [0.1, 0.15) is 23.0 Å². The minimum Gasteiger partial charge on any atom is -0.388 e. The van der Waals surface area contributed by atoms with Crippen LogP contribution in [0.25, 0.3) is 0 Å². The highest BCUT2D eigenvalue weighted by molar-refractivity contribution is 6.13. The van der Waals surface area contributed by atoms with Gasteiger partial charge in [0, 0.05) is 49.1 Å². The van der Waals surface area contributed by atoms with E-state index >= 15 is 8.78 Å². The maximum Gasteiger partial charge on any atom is 0.233 e. The van der Waals surface area contributed by atoms with Crippen molar-refractivity contribution in [1.29, 1.82) is 0 Å². The van der Waals surface area contributed by atoms with Gasteiger partial charge in [0.05, 0.1) is 36.0 Å². The summed E-state index contributed by atoms with van der Waals surface area (Å²) in [6.45, 7) is 2.19. The molecule has 9 heteroatoms. The number of aliphatic hydroxyl groups excluding tert-OH is 2. The monoisotopic (exact) mass is 758 g/mol. The molecule has 6 aliphatic rings. The van der Waals surface area contributed by atoms with Gasteiger partial charge in [-0.1, -0.05) is 74.9 Å². The van der Waals surface area contributed by atoms with Gasteiger partial charge < -0.3 is 20.0 Å². The third-order valence-corrected chi connectivity index (χ3v) is 14.8. The van der Waals surface area contributed by atoms with Crippen molar-refractivity contribution in [3.05, 3.63) is 117 Å². The lowest BCUT2D eigenvalue weighted by molar-refractivity contribution is 0.103. The van der Waals surface area contributed by atoms with Crippen molar-refractivity contribution < 1.29 is 23.8 Å². The molecule has 0 radical (unpaired) electrons. The Kier molecular flexibility index (Phi) is 9.05. The van der Waals surface area contributed by atoms with E-state index in [0.717, 1.165) is 47.5 Å². The second-order valence-electron chi connectivity index (χ2n) is 18.1. The maximum atomic E-state index is 15.1. The van der Waals surface area contributed by atoms with Crippen LogP contribution in [0.1, 0.15) is 163 Å². The first-order valence-corrected chi connectivity index (χ1v) is 21.2. The predicted octanol–water partition coefficient (Wildman–Crippen LogP) is 9.25. The Bertz CT molecular complexity index is 2030. The number of anilines is 2. The number of pyridine rings is 2. The zero-order valence-corrected chi connectivity index (χ0v) is 32.2. The number of aromatic nitrogens is 2. The molecule has 56 heavy (non-hydrogen) atoms. The highest BCUT2D eigenvalue weighted by Gasteiger charge is 2.50. The van der Waals surface area contributed by atoms with Crippen molar-refractivity contribution in [3.8, 4) is 0 Å². The van der Waals surface area contributed by atoms with Gasteiger partial charge in [-0.2, -0.15) is 0 Å². The fourth-order valence-corrected chi connectivity index (χ4v) is 12.0. The van der Waals surface area contributed by atoms with Gasteiger partial charge in [0.25, 0.3) is 0 Å². The molecule has 4 aliphatic carbocycles. The van der Waals surface area contributed by atoms with E-state index in [2.05, 4.69) is 46.4 Å². The fourth-order valence-electron chi connectivity index (χ4n) is 12.0. The molecule has 2 saturated carbocycles. The van der Waals surface area contributed by atoms with Gasteiger partial charge in [-0.3, -0.25) is 4.79 Å². The number of carbonyl (C=O) groups is 1. The molecule has 2 spiro atoms. The van der Waals surface area contributed by atoms with E-state index in [1.807, 2.05) is 9.80 Å². The molecule has 2 N–H and O–H groups in total. The number of rotatable bonds is 6. The molecule has 7 nitrogen and oxygen atoms in total. The van der Waals surface area contributed by atoms with Gasteiger partial charge >= 0.3 is 0 Å². The maximum absolute atomic E-state index is 15.1. The summed E-state index contributed by atoms with van der Waals surface area (Å²) in [4.78, 5) is 27.5. The summed E-state index contributed by atoms with van der Waals surface area (Å²) < 4.78 is 30.1. The molecule has 4 heterocycles. The molecule has 2 aliphatic heterocycles. The summed E-state index contributed by atoms with van der Waals surface area (Å²) in [5.74, 6) is -0.480. The van der Waals surface area contributed by atoms with E-state index < -0.39 is 29.6 Å². The van der Waals surface area contributed by atoms with Crippen molar-refractivity contribution >= 4 is 17.2 Å². The summed E-state index contributed by atoms with van der Waals surface area (Å²) in [5.41, 5.74) is 7.27. The van der Waals surface area contributed by atoms with Crippen LogP contribution in [0.5, 0.6) is 0 Å². The number of aliphatic hydroxyl groups is 2. The third-order valence-electron chi connectivity index (χ3n) is 14.8. The van der Waals surface area contributed by atoms with E-state index in [9.17, 15) is 15.0 Å². The standard InChI is InChI=1S/C47H52F2N4O3/c48-33-21-39(52-17-15-46(27-52)23-41(54)35-19-31(11-13-37(35)46)29-7-3-1-4-8-29)43(50-25-33)45(56)44-40(22-34(49)26-51-44)53-18-16-47(28-53)24-42(55)36-20-32(12-14-38(36)47)30-9-5-2-6-10-30/h11-14,19-22,25-26,29-30,41-42,54-55H,1-10,15-18,23-24,27-28H2. The van der Waals surface area contributed by atoms with Crippen molar-refractivity contribution in [2.24, 2.45) is 0 Å². The molecule has 292 valence electrons. The summed E-state index contributed by atoms with van der Waals surface area (Å²) in [6.07, 6.45) is 16.0. The normalized spacial score (nSPS) is 27.8. The van der Waals surface area contributed by atoms with Crippen LogP contribution < -0.4 is 9.80 Å². The molecule has 0 amide bonds. The molecule has 0 bridgehead atoms. The minimum absolute atomic E-state index is 0.0843. The van der Waals surface area contributed by atoms with Crippen LogP contribution in [0.4, 0.5) is 20.2 Å². The summed E-state index contributed by atoms with van der Waals surface area (Å²) >= 11 is 0. The van der Waals surface area contributed by atoms with E-state index in [0.29, 0.717) is 62.2 Å². The quantitative estimate of drug-likeness (QED) is 0.190. The molecule has 2 saturated heterocycles. The number of carbonyl (C=O) groups excluding carboxylic acids is 1. The topological polar surface area (TPSA) is 89.8 Å². The first kappa shape index (κ1) is 36.2. The average Bonchev–Trinajstić information content (AvgIpc) is 3.99.